The summed E-state index contributed by atoms with van der Waals surface area (Å²) in [5, 5.41) is 5.95. The summed E-state index contributed by atoms with van der Waals surface area (Å²) >= 11 is 0. The Balaban J connectivity index is 1.55. The zero-order valence-electron chi connectivity index (χ0n) is 17.7. The maximum absolute atomic E-state index is 13.1. The Bertz CT molecular complexity index is 1060. The van der Waals surface area contributed by atoms with Crippen molar-refractivity contribution in [3.05, 3.63) is 95.1 Å². The van der Waals surface area contributed by atoms with Crippen molar-refractivity contribution in [2.75, 3.05) is 23.3 Å². The summed E-state index contributed by atoms with van der Waals surface area (Å²) in [6.07, 6.45) is 2.24. The van der Waals surface area contributed by atoms with Gasteiger partial charge < -0.3 is 15.5 Å². The van der Waals surface area contributed by atoms with Gasteiger partial charge in [-0.2, -0.15) is 0 Å². The first kappa shape index (κ1) is 20.7. The number of nitrogens with zero attached hydrogens (tertiary/aromatic N) is 1. The fourth-order valence-electron chi connectivity index (χ4n) is 3.81. The van der Waals surface area contributed by atoms with E-state index >= 15 is 0 Å². The van der Waals surface area contributed by atoms with Crippen molar-refractivity contribution in [1.29, 1.82) is 0 Å². The van der Waals surface area contributed by atoms with E-state index in [0.29, 0.717) is 23.4 Å². The van der Waals surface area contributed by atoms with E-state index in [2.05, 4.69) is 15.5 Å². The third-order valence-corrected chi connectivity index (χ3v) is 5.56. The fraction of sp³-hybridized carbons (Fsp3) is 0.231. The third-order valence-electron chi connectivity index (χ3n) is 5.56. The standard InChI is InChI=1S/C26H27N3O2/c1-19-9-11-21(12-10-19)25(30)28-22-13-14-24(29-15-5-6-16-29)23(17-22)26(31)27-18-20-7-3-2-4-8-20/h2-4,7-14,17H,5-6,15-16,18H2,1H3,(H,27,31)(H,28,30). The van der Waals surface area contributed by atoms with Crippen LogP contribution in [-0.2, 0) is 6.54 Å². The topological polar surface area (TPSA) is 61.4 Å². The van der Waals surface area contributed by atoms with Crippen molar-refractivity contribution in [2.24, 2.45) is 0 Å². The van der Waals surface area contributed by atoms with Gasteiger partial charge in [-0.25, -0.2) is 0 Å². The number of aryl methyl sites for hydroxylation is 1. The normalized spacial score (nSPS) is 13.1. The van der Waals surface area contributed by atoms with Crippen LogP contribution in [0.3, 0.4) is 0 Å². The molecular weight excluding hydrogens is 386 g/mol. The summed E-state index contributed by atoms with van der Waals surface area (Å²) in [5.74, 6) is -0.332. The van der Waals surface area contributed by atoms with Gasteiger partial charge in [0.2, 0.25) is 0 Å². The number of rotatable bonds is 6. The van der Waals surface area contributed by atoms with Gasteiger partial charge in [-0.1, -0.05) is 48.0 Å². The third kappa shape index (κ3) is 5.12. The van der Waals surface area contributed by atoms with E-state index in [0.717, 1.165) is 42.7 Å². The summed E-state index contributed by atoms with van der Waals surface area (Å²) < 4.78 is 0. The molecule has 0 unspecified atom stereocenters. The summed E-state index contributed by atoms with van der Waals surface area (Å²) in [7, 11) is 0. The first-order valence-corrected chi connectivity index (χ1v) is 10.7. The molecule has 3 aromatic rings. The van der Waals surface area contributed by atoms with Crippen LogP contribution < -0.4 is 15.5 Å². The van der Waals surface area contributed by atoms with Crippen molar-refractivity contribution in [3.8, 4) is 0 Å². The quantitative estimate of drug-likeness (QED) is 0.612. The Morgan fingerprint density at radius 3 is 2.29 bits per heavy atom. The predicted molar refractivity (Wildman–Crippen MR) is 125 cm³/mol. The minimum Gasteiger partial charge on any atom is -0.371 e. The van der Waals surface area contributed by atoms with Crippen molar-refractivity contribution in [3.63, 3.8) is 0 Å². The first-order valence-electron chi connectivity index (χ1n) is 10.7. The molecule has 4 rings (SSSR count). The predicted octanol–water partition coefficient (Wildman–Crippen LogP) is 4.78. The van der Waals surface area contributed by atoms with Crippen molar-refractivity contribution >= 4 is 23.2 Å². The molecule has 0 spiro atoms. The first-order chi connectivity index (χ1) is 15.1. The number of benzene rings is 3. The van der Waals surface area contributed by atoms with Gasteiger partial charge in [0.25, 0.3) is 11.8 Å². The number of carbonyl (C=O) groups is 2. The number of carbonyl (C=O) groups excluding carboxylic acids is 2. The molecule has 0 saturated carbocycles. The van der Waals surface area contributed by atoms with Crippen LogP contribution in [0.15, 0.2) is 72.8 Å². The molecule has 2 amide bonds. The molecule has 31 heavy (non-hydrogen) atoms. The molecule has 1 fully saturated rings. The van der Waals surface area contributed by atoms with E-state index in [-0.39, 0.29) is 11.8 Å². The second-order valence-electron chi connectivity index (χ2n) is 7.91. The Hall–Kier alpha value is -3.60. The van der Waals surface area contributed by atoms with Gasteiger partial charge in [0.05, 0.1) is 5.56 Å². The van der Waals surface area contributed by atoms with Crippen LogP contribution in [0.25, 0.3) is 0 Å². The highest BCUT2D eigenvalue weighted by atomic mass is 16.2. The average molecular weight is 414 g/mol. The highest BCUT2D eigenvalue weighted by Crippen LogP contribution is 2.28. The lowest BCUT2D eigenvalue weighted by Crippen LogP contribution is -2.27. The monoisotopic (exact) mass is 413 g/mol. The lowest BCUT2D eigenvalue weighted by molar-refractivity contribution is 0.0950. The molecule has 0 aromatic heterocycles. The molecule has 3 aromatic carbocycles. The Morgan fingerprint density at radius 2 is 1.58 bits per heavy atom. The second-order valence-corrected chi connectivity index (χ2v) is 7.91. The Kier molecular flexibility index (Phi) is 6.32. The maximum Gasteiger partial charge on any atom is 0.255 e. The lowest BCUT2D eigenvalue weighted by atomic mass is 10.1. The van der Waals surface area contributed by atoms with Gasteiger partial charge >= 0.3 is 0 Å². The summed E-state index contributed by atoms with van der Waals surface area (Å²) in [4.78, 5) is 28.0. The SMILES string of the molecule is Cc1ccc(C(=O)Nc2ccc(N3CCCC3)c(C(=O)NCc3ccccc3)c2)cc1. The van der Waals surface area contributed by atoms with E-state index in [9.17, 15) is 9.59 Å². The lowest BCUT2D eigenvalue weighted by Gasteiger charge is -2.22. The Labute approximate surface area is 183 Å². The molecule has 1 heterocycles. The number of nitrogens with one attached hydrogen (secondary N) is 2. The number of amides is 2. The molecule has 0 atom stereocenters. The summed E-state index contributed by atoms with van der Waals surface area (Å²) in [6.45, 7) is 4.32. The van der Waals surface area contributed by atoms with E-state index in [1.54, 1.807) is 18.2 Å². The van der Waals surface area contributed by atoms with Gasteiger partial charge in [-0.3, -0.25) is 9.59 Å². The van der Waals surface area contributed by atoms with Crippen LogP contribution in [0.2, 0.25) is 0 Å². The summed E-state index contributed by atoms with van der Waals surface area (Å²) in [5.41, 5.74) is 4.84. The van der Waals surface area contributed by atoms with E-state index in [1.165, 1.54) is 0 Å². The number of hydrogen-bond acceptors (Lipinski definition) is 3. The van der Waals surface area contributed by atoms with Crippen LogP contribution in [0.4, 0.5) is 11.4 Å². The molecule has 158 valence electrons. The van der Waals surface area contributed by atoms with Crippen LogP contribution >= 0.6 is 0 Å². The molecule has 1 aliphatic heterocycles. The van der Waals surface area contributed by atoms with Crippen LogP contribution in [-0.4, -0.2) is 24.9 Å². The number of anilines is 2. The van der Waals surface area contributed by atoms with Crippen LogP contribution in [0.5, 0.6) is 0 Å². The second kappa shape index (κ2) is 9.47. The highest BCUT2D eigenvalue weighted by molar-refractivity contribution is 6.06. The maximum atomic E-state index is 13.1. The van der Waals surface area contributed by atoms with E-state index < -0.39 is 0 Å². The van der Waals surface area contributed by atoms with E-state index in [4.69, 9.17) is 0 Å². The van der Waals surface area contributed by atoms with Gasteiger partial charge in [0, 0.05) is 36.6 Å². The van der Waals surface area contributed by atoms with Crippen LogP contribution in [0, 0.1) is 6.92 Å². The molecule has 1 aliphatic rings. The largest absolute Gasteiger partial charge is 0.371 e. The molecule has 0 aliphatic carbocycles. The van der Waals surface area contributed by atoms with E-state index in [1.807, 2.05) is 61.5 Å². The highest BCUT2D eigenvalue weighted by Gasteiger charge is 2.20. The molecule has 1 saturated heterocycles. The minimum atomic E-state index is -0.190. The van der Waals surface area contributed by atoms with Crippen molar-refractivity contribution in [1.82, 2.24) is 5.32 Å². The molecule has 5 heteroatoms. The van der Waals surface area contributed by atoms with Gasteiger partial charge in [0.1, 0.15) is 0 Å². The zero-order valence-corrected chi connectivity index (χ0v) is 17.7. The molecule has 0 radical (unpaired) electrons. The molecule has 0 bridgehead atoms. The average Bonchev–Trinajstić information content (AvgIpc) is 3.33. The summed E-state index contributed by atoms with van der Waals surface area (Å²) in [6, 6.07) is 22.9. The number of hydrogen-bond donors (Lipinski definition) is 2. The van der Waals surface area contributed by atoms with Crippen molar-refractivity contribution < 1.29 is 9.59 Å². The minimum absolute atomic E-state index is 0.141. The zero-order chi connectivity index (χ0) is 21.6. The fourth-order valence-corrected chi connectivity index (χ4v) is 3.81. The molecular formula is C26H27N3O2. The van der Waals surface area contributed by atoms with Gasteiger partial charge in [0.15, 0.2) is 0 Å². The van der Waals surface area contributed by atoms with Crippen LogP contribution in [0.1, 0.15) is 44.7 Å². The van der Waals surface area contributed by atoms with Gasteiger partial charge in [-0.15, -0.1) is 0 Å². The van der Waals surface area contributed by atoms with Crippen molar-refractivity contribution in [2.45, 2.75) is 26.3 Å². The molecule has 5 nitrogen and oxygen atoms in total. The smallest absolute Gasteiger partial charge is 0.255 e. The molecule has 2 N–H and O–H groups in total. The Morgan fingerprint density at radius 1 is 0.871 bits per heavy atom. The van der Waals surface area contributed by atoms with Gasteiger partial charge in [-0.05, 0) is 55.7 Å².